The number of nitrogens with zero attached hydrogens (tertiary/aromatic N) is 3. The van der Waals surface area contributed by atoms with Gasteiger partial charge in [0.25, 0.3) is 0 Å². The first kappa shape index (κ1) is 20.3. The zero-order valence-corrected chi connectivity index (χ0v) is 18.4. The highest BCUT2D eigenvalue weighted by atomic mass is 32.1. The maximum atomic E-state index is 12.7. The van der Waals surface area contributed by atoms with Gasteiger partial charge >= 0.3 is 12.0 Å². The Hall–Kier alpha value is -2.39. The standard InChI is InChI=1S/C19H26N4O3SSi/c1-13-12-22(19-20-11-16(27-19)17(24)25)9-10-23(13)18(26)21-14-5-7-15(8-6-14)28(2,3)4/h5-8,11,13H,9-10,12H2,1-4H3,(H,21,26)(H,24,25). The smallest absolute Gasteiger partial charge is 0.347 e. The van der Waals surface area contributed by atoms with Crippen LogP contribution >= 0.6 is 11.3 Å². The van der Waals surface area contributed by atoms with Crippen LogP contribution in [0.3, 0.4) is 0 Å². The Bertz CT molecular complexity index is 863. The highest BCUT2D eigenvalue weighted by Gasteiger charge is 2.29. The number of carboxylic acids is 1. The van der Waals surface area contributed by atoms with Crippen LogP contribution in [0.25, 0.3) is 0 Å². The predicted octanol–water partition coefficient (Wildman–Crippen LogP) is 3.13. The molecule has 3 rings (SSSR count). The third-order valence-electron chi connectivity index (χ3n) is 4.87. The summed E-state index contributed by atoms with van der Waals surface area (Å²) in [5, 5.41) is 14.1. The molecule has 0 aliphatic carbocycles. The van der Waals surface area contributed by atoms with Crippen molar-refractivity contribution < 1.29 is 14.7 Å². The fourth-order valence-corrected chi connectivity index (χ4v) is 5.15. The number of anilines is 2. The molecule has 1 fully saturated rings. The van der Waals surface area contributed by atoms with Crippen LogP contribution in [0.5, 0.6) is 0 Å². The summed E-state index contributed by atoms with van der Waals surface area (Å²) in [6, 6.07) is 8.02. The van der Waals surface area contributed by atoms with E-state index in [4.69, 9.17) is 5.11 Å². The van der Waals surface area contributed by atoms with Crippen molar-refractivity contribution >= 4 is 47.4 Å². The highest BCUT2D eigenvalue weighted by Crippen LogP contribution is 2.25. The molecule has 9 heteroatoms. The fourth-order valence-electron chi connectivity index (χ4n) is 3.19. The molecular weight excluding hydrogens is 392 g/mol. The number of amides is 2. The van der Waals surface area contributed by atoms with Gasteiger partial charge in [0.2, 0.25) is 0 Å². The zero-order valence-electron chi connectivity index (χ0n) is 16.6. The van der Waals surface area contributed by atoms with Crippen molar-refractivity contribution in [1.82, 2.24) is 9.88 Å². The number of carbonyl (C=O) groups is 2. The summed E-state index contributed by atoms with van der Waals surface area (Å²) in [7, 11) is -1.36. The lowest BCUT2D eigenvalue weighted by Crippen LogP contribution is -2.55. The normalized spacial score (nSPS) is 17.5. The Kier molecular flexibility index (Phi) is 5.76. The molecule has 2 aromatic rings. The number of urea groups is 1. The number of nitrogens with one attached hydrogen (secondary N) is 1. The Morgan fingerprint density at radius 1 is 1.21 bits per heavy atom. The number of benzene rings is 1. The molecule has 2 N–H and O–H groups in total. The Morgan fingerprint density at radius 2 is 1.89 bits per heavy atom. The van der Waals surface area contributed by atoms with Gasteiger partial charge in [-0.3, -0.25) is 0 Å². The van der Waals surface area contributed by atoms with E-state index in [1.807, 2.05) is 28.9 Å². The van der Waals surface area contributed by atoms with Crippen LogP contribution in [0.4, 0.5) is 15.6 Å². The van der Waals surface area contributed by atoms with Gasteiger partial charge in [-0.05, 0) is 19.1 Å². The molecular formula is C19H26N4O3SSi. The van der Waals surface area contributed by atoms with Crippen LogP contribution in [0.1, 0.15) is 16.6 Å². The topological polar surface area (TPSA) is 85.8 Å². The summed E-state index contributed by atoms with van der Waals surface area (Å²) in [5.74, 6) is -0.963. The first-order chi connectivity index (χ1) is 13.1. The summed E-state index contributed by atoms with van der Waals surface area (Å²) < 4.78 is 0. The first-order valence-corrected chi connectivity index (χ1v) is 13.6. The van der Waals surface area contributed by atoms with E-state index in [1.54, 1.807) is 0 Å². The minimum atomic E-state index is -1.36. The van der Waals surface area contributed by atoms with E-state index >= 15 is 0 Å². The van der Waals surface area contributed by atoms with Crippen molar-refractivity contribution in [1.29, 1.82) is 0 Å². The third-order valence-corrected chi connectivity index (χ3v) is 7.98. The lowest BCUT2D eigenvalue weighted by atomic mass is 10.2. The van der Waals surface area contributed by atoms with E-state index in [0.29, 0.717) is 24.8 Å². The SMILES string of the molecule is CC1CN(c2ncc(C(=O)O)s2)CCN1C(=O)Nc1ccc([Si](C)(C)C)cc1. The molecule has 1 aliphatic rings. The second kappa shape index (κ2) is 7.92. The molecule has 0 bridgehead atoms. The van der Waals surface area contributed by atoms with Gasteiger partial charge in [0.05, 0.1) is 14.3 Å². The van der Waals surface area contributed by atoms with E-state index in [1.165, 1.54) is 11.4 Å². The minimum Gasteiger partial charge on any atom is -0.477 e. The summed E-state index contributed by atoms with van der Waals surface area (Å²) in [4.78, 5) is 32.0. The van der Waals surface area contributed by atoms with Crippen molar-refractivity contribution in [3.05, 3.63) is 35.3 Å². The number of aromatic nitrogens is 1. The fraction of sp³-hybridized carbons (Fsp3) is 0.421. The summed E-state index contributed by atoms with van der Waals surface area (Å²) in [6.07, 6.45) is 1.39. The molecule has 1 aromatic carbocycles. The third kappa shape index (κ3) is 4.53. The van der Waals surface area contributed by atoms with E-state index in [9.17, 15) is 9.59 Å². The van der Waals surface area contributed by atoms with Crippen molar-refractivity contribution in [2.45, 2.75) is 32.6 Å². The van der Waals surface area contributed by atoms with Crippen molar-refractivity contribution in [3.63, 3.8) is 0 Å². The van der Waals surface area contributed by atoms with Crippen molar-refractivity contribution in [2.24, 2.45) is 0 Å². The minimum absolute atomic E-state index is 0.00724. The van der Waals surface area contributed by atoms with E-state index < -0.39 is 14.0 Å². The van der Waals surface area contributed by atoms with Gasteiger partial charge in [-0.1, -0.05) is 48.3 Å². The highest BCUT2D eigenvalue weighted by molar-refractivity contribution is 7.17. The lowest BCUT2D eigenvalue weighted by molar-refractivity contribution is 0.0702. The lowest BCUT2D eigenvalue weighted by Gasteiger charge is -2.39. The summed E-state index contributed by atoms with van der Waals surface area (Å²) in [5.41, 5.74) is 0.799. The average molecular weight is 419 g/mol. The molecule has 1 aromatic heterocycles. The molecule has 7 nitrogen and oxygen atoms in total. The number of rotatable bonds is 4. The molecule has 1 atom stereocenters. The van der Waals surface area contributed by atoms with Gasteiger partial charge in [0.15, 0.2) is 5.13 Å². The van der Waals surface area contributed by atoms with Crippen LogP contribution in [-0.2, 0) is 0 Å². The molecule has 0 radical (unpaired) electrons. The predicted molar refractivity (Wildman–Crippen MR) is 116 cm³/mol. The molecule has 1 saturated heterocycles. The number of thiazole rings is 1. The number of hydrogen-bond donors (Lipinski definition) is 2. The average Bonchev–Trinajstić information content (AvgIpc) is 3.11. The maximum Gasteiger partial charge on any atom is 0.347 e. The number of hydrogen-bond acceptors (Lipinski definition) is 5. The number of carboxylic acid groups (broad SMARTS) is 1. The van der Waals surface area contributed by atoms with E-state index in [0.717, 1.165) is 17.0 Å². The summed E-state index contributed by atoms with van der Waals surface area (Å²) in [6.45, 7) is 10.7. The number of piperazine rings is 1. The second-order valence-electron chi connectivity index (χ2n) is 8.06. The van der Waals surface area contributed by atoms with Gasteiger partial charge in [0.1, 0.15) is 4.88 Å². The van der Waals surface area contributed by atoms with Gasteiger partial charge in [-0.15, -0.1) is 0 Å². The molecule has 0 spiro atoms. The quantitative estimate of drug-likeness (QED) is 0.745. The van der Waals surface area contributed by atoms with Crippen LogP contribution in [0.15, 0.2) is 30.5 Å². The van der Waals surface area contributed by atoms with E-state index in [-0.39, 0.29) is 17.0 Å². The Labute approximate surface area is 170 Å². The Balaban J connectivity index is 1.60. The van der Waals surface area contributed by atoms with Crippen LogP contribution in [0.2, 0.25) is 19.6 Å². The molecule has 2 heterocycles. The van der Waals surface area contributed by atoms with Crippen LogP contribution in [0, 0.1) is 0 Å². The monoisotopic (exact) mass is 418 g/mol. The second-order valence-corrected chi connectivity index (χ2v) is 14.1. The number of carbonyl (C=O) groups excluding carboxylic acids is 1. The van der Waals surface area contributed by atoms with Gasteiger partial charge in [-0.2, -0.15) is 0 Å². The maximum absolute atomic E-state index is 12.7. The molecule has 150 valence electrons. The van der Waals surface area contributed by atoms with Gasteiger partial charge < -0.3 is 20.2 Å². The zero-order chi connectivity index (χ0) is 20.5. The molecule has 1 unspecified atom stereocenters. The van der Waals surface area contributed by atoms with Crippen molar-refractivity contribution in [3.8, 4) is 0 Å². The first-order valence-electron chi connectivity index (χ1n) is 9.27. The molecule has 2 amide bonds. The largest absolute Gasteiger partial charge is 0.477 e. The number of aromatic carboxylic acids is 1. The van der Waals surface area contributed by atoms with Crippen LogP contribution < -0.4 is 15.4 Å². The van der Waals surface area contributed by atoms with E-state index in [2.05, 4.69) is 42.1 Å². The molecule has 0 saturated carbocycles. The van der Waals surface area contributed by atoms with Gasteiger partial charge in [-0.25, -0.2) is 14.6 Å². The molecule has 1 aliphatic heterocycles. The Morgan fingerprint density at radius 3 is 2.43 bits per heavy atom. The molecule has 28 heavy (non-hydrogen) atoms. The van der Waals surface area contributed by atoms with Crippen molar-refractivity contribution in [2.75, 3.05) is 29.9 Å². The van der Waals surface area contributed by atoms with Crippen LogP contribution in [-0.4, -0.2) is 60.7 Å². The summed E-state index contributed by atoms with van der Waals surface area (Å²) >= 11 is 1.16. The van der Waals surface area contributed by atoms with Gasteiger partial charge in [0, 0.05) is 31.4 Å².